The van der Waals surface area contributed by atoms with E-state index in [1.807, 2.05) is 0 Å². The standard InChI is InChI=1S/C21H25FN2O5S/c1-5-24(13-15(3)21(26)29-4)20(25)16-6-8-17(9-7-16)23-30(27,28)18-10-11-19(22)14(2)12-18/h6-12,15,23H,5,13H2,1-4H3. The van der Waals surface area contributed by atoms with Crippen LogP contribution in [0.15, 0.2) is 47.4 Å². The maximum Gasteiger partial charge on any atom is 0.310 e. The van der Waals surface area contributed by atoms with E-state index in [1.54, 1.807) is 13.8 Å². The van der Waals surface area contributed by atoms with Crippen LogP contribution in [-0.2, 0) is 19.6 Å². The maximum atomic E-state index is 13.4. The Kier molecular flexibility index (Phi) is 7.55. The number of halogens is 1. The zero-order chi connectivity index (χ0) is 22.5. The summed E-state index contributed by atoms with van der Waals surface area (Å²) >= 11 is 0. The number of nitrogens with zero attached hydrogens (tertiary/aromatic N) is 1. The molecule has 1 amide bonds. The number of methoxy groups -OCH3 is 1. The molecule has 0 fully saturated rings. The highest BCUT2D eigenvalue weighted by molar-refractivity contribution is 7.92. The van der Waals surface area contributed by atoms with E-state index in [0.29, 0.717) is 12.1 Å². The first-order valence-corrected chi connectivity index (χ1v) is 10.8. The van der Waals surface area contributed by atoms with Gasteiger partial charge in [-0.15, -0.1) is 0 Å². The molecule has 0 bridgehead atoms. The fourth-order valence-electron chi connectivity index (χ4n) is 2.82. The first kappa shape index (κ1) is 23.3. The normalized spacial score (nSPS) is 12.2. The third kappa shape index (κ3) is 5.56. The Labute approximate surface area is 175 Å². The molecule has 2 rings (SSSR count). The van der Waals surface area contributed by atoms with Crippen molar-refractivity contribution in [1.29, 1.82) is 0 Å². The molecule has 0 aliphatic rings. The average Bonchev–Trinajstić information content (AvgIpc) is 2.72. The van der Waals surface area contributed by atoms with Crippen molar-refractivity contribution >= 4 is 27.6 Å². The zero-order valence-electron chi connectivity index (χ0n) is 17.3. The van der Waals surface area contributed by atoms with Gasteiger partial charge in [-0.3, -0.25) is 14.3 Å². The molecule has 0 radical (unpaired) electrons. The van der Waals surface area contributed by atoms with Crippen LogP contribution in [0.5, 0.6) is 0 Å². The molecule has 30 heavy (non-hydrogen) atoms. The van der Waals surface area contributed by atoms with Crippen molar-refractivity contribution in [3.8, 4) is 0 Å². The second kappa shape index (κ2) is 9.71. The van der Waals surface area contributed by atoms with E-state index in [9.17, 15) is 22.4 Å². The van der Waals surface area contributed by atoms with Crippen LogP contribution >= 0.6 is 0 Å². The van der Waals surface area contributed by atoms with Gasteiger partial charge in [0.2, 0.25) is 0 Å². The number of aryl methyl sites for hydroxylation is 1. The highest BCUT2D eigenvalue weighted by atomic mass is 32.2. The number of esters is 1. The van der Waals surface area contributed by atoms with Gasteiger partial charge in [0.15, 0.2) is 0 Å². The summed E-state index contributed by atoms with van der Waals surface area (Å²) in [4.78, 5) is 25.8. The SMILES string of the molecule is CCN(CC(C)C(=O)OC)C(=O)c1ccc(NS(=O)(=O)c2ccc(F)c(C)c2)cc1. The molecule has 162 valence electrons. The molecule has 2 aromatic rings. The Bertz CT molecular complexity index is 1020. The summed E-state index contributed by atoms with van der Waals surface area (Å²) in [6.45, 7) is 5.57. The Hall–Kier alpha value is -2.94. The van der Waals surface area contributed by atoms with Gasteiger partial charge in [0.25, 0.3) is 15.9 Å². The monoisotopic (exact) mass is 436 g/mol. The second-order valence-corrected chi connectivity index (χ2v) is 8.54. The van der Waals surface area contributed by atoms with Crippen LogP contribution in [0.4, 0.5) is 10.1 Å². The highest BCUT2D eigenvalue weighted by Gasteiger charge is 2.22. The number of rotatable bonds is 8. The Morgan fingerprint density at radius 1 is 1.17 bits per heavy atom. The van der Waals surface area contributed by atoms with Crippen LogP contribution in [0.25, 0.3) is 0 Å². The summed E-state index contributed by atoms with van der Waals surface area (Å²) in [5.41, 5.74) is 0.841. The Morgan fingerprint density at radius 2 is 1.80 bits per heavy atom. The molecular formula is C21H25FN2O5S. The lowest BCUT2D eigenvalue weighted by molar-refractivity contribution is -0.145. The molecule has 0 aliphatic heterocycles. The van der Waals surface area contributed by atoms with Crippen molar-refractivity contribution in [3.63, 3.8) is 0 Å². The van der Waals surface area contributed by atoms with E-state index in [4.69, 9.17) is 4.74 Å². The molecule has 1 atom stereocenters. The predicted octanol–water partition coefficient (Wildman–Crippen LogP) is 3.21. The third-order valence-corrected chi connectivity index (χ3v) is 5.97. The first-order chi connectivity index (χ1) is 14.1. The molecule has 1 N–H and O–H groups in total. The fraction of sp³-hybridized carbons (Fsp3) is 0.333. The number of carbonyl (C=O) groups excluding carboxylic acids is 2. The summed E-state index contributed by atoms with van der Waals surface area (Å²) in [6.07, 6.45) is 0. The minimum Gasteiger partial charge on any atom is -0.469 e. The smallest absolute Gasteiger partial charge is 0.310 e. The van der Waals surface area contributed by atoms with Gasteiger partial charge < -0.3 is 9.64 Å². The third-order valence-electron chi connectivity index (χ3n) is 4.59. The number of amides is 1. The van der Waals surface area contributed by atoms with Crippen molar-refractivity contribution in [2.24, 2.45) is 5.92 Å². The number of anilines is 1. The quantitative estimate of drug-likeness (QED) is 0.642. The van der Waals surface area contributed by atoms with Crippen molar-refractivity contribution in [1.82, 2.24) is 4.90 Å². The number of sulfonamides is 1. The highest BCUT2D eigenvalue weighted by Crippen LogP contribution is 2.19. The lowest BCUT2D eigenvalue weighted by Crippen LogP contribution is -2.37. The number of carbonyl (C=O) groups is 2. The van der Waals surface area contributed by atoms with Crippen LogP contribution < -0.4 is 4.72 Å². The van der Waals surface area contributed by atoms with E-state index >= 15 is 0 Å². The van der Waals surface area contributed by atoms with Crippen LogP contribution in [0.2, 0.25) is 0 Å². The van der Waals surface area contributed by atoms with Gasteiger partial charge in [0.05, 0.1) is 17.9 Å². The minimum atomic E-state index is -3.90. The van der Waals surface area contributed by atoms with Crippen molar-refractivity contribution in [2.45, 2.75) is 25.7 Å². The molecular weight excluding hydrogens is 411 g/mol. The number of benzene rings is 2. The summed E-state index contributed by atoms with van der Waals surface area (Å²) in [6, 6.07) is 9.47. The lowest BCUT2D eigenvalue weighted by Gasteiger charge is -2.23. The van der Waals surface area contributed by atoms with Crippen LogP contribution in [0.1, 0.15) is 29.8 Å². The summed E-state index contributed by atoms with van der Waals surface area (Å²) in [5, 5.41) is 0. The van der Waals surface area contributed by atoms with Gasteiger partial charge >= 0.3 is 5.97 Å². The molecule has 9 heteroatoms. The molecule has 0 saturated carbocycles. The van der Waals surface area contributed by atoms with E-state index < -0.39 is 27.7 Å². The molecule has 7 nitrogen and oxygen atoms in total. The van der Waals surface area contributed by atoms with Gasteiger partial charge in [-0.05, 0) is 61.9 Å². The van der Waals surface area contributed by atoms with Crippen molar-refractivity contribution in [2.75, 3.05) is 24.9 Å². The van der Waals surface area contributed by atoms with Crippen LogP contribution in [-0.4, -0.2) is 45.4 Å². The number of nitrogens with one attached hydrogen (secondary N) is 1. The summed E-state index contributed by atoms with van der Waals surface area (Å²) < 4.78 is 45.5. The van der Waals surface area contributed by atoms with Gasteiger partial charge in [-0.1, -0.05) is 6.92 Å². The molecule has 2 aromatic carbocycles. The largest absolute Gasteiger partial charge is 0.469 e. The average molecular weight is 437 g/mol. The van der Waals surface area contributed by atoms with Crippen molar-refractivity contribution in [3.05, 3.63) is 59.4 Å². The number of hydrogen-bond donors (Lipinski definition) is 1. The molecule has 0 aliphatic carbocycles. The lowest BCUT2D eigenvalue weighted by atomic mass is 10.1. The van der Waals surface area contributed by atoms with Gasteiger partial charge in [-0.25, -0.2) is 12.8 Å². The van der Waals surface area contributed by atoms with Crippen molar-refractivity contribution < 1.29 is 27.1 Å². The molecule has 1 unspecified atom stereocenters. The number of hydrogen-bond acceptors (Lipinski definition) is 5. The topological polar surface area (TPSA) is 92.8 Å². The van der Waals surface area contributed by atoms with E-state index in [1.165, 1.54) is 55.3 Å². The maximum absolute atomic E-state index is 13.4. The summed E-state index contributed by atoms with van der Waals surface area (Å²) in [5.74, 6) is -1.64. The van der Waals surface area contributed by atoms with E-state index in [2.05, 4.69) is 4.72 Å². The zero-order valence-corrected chi connectivity index (χ0v) is 18.1. The van der Waals surface area contributed by atoms with Crippen LogP contribution in [0, 0.1) is 18.7 Å². The predicted molar refractivity (Wildman–Crippen MR) is 111 cm³/mol. The molecule has 0 saturated heterocycles. The van der Waals surface area contributed by atoms with Crippen LogP contribution in [0.3, 0.4) is 0 Å². The first-order valence-electron chi connectivity index (χ1n) is 9.35. The van der Waals surface area contributed by atoms with Gasteiger partial charge in [0, 0.05) is 24.3 Å². The summed E-state index contributed by atoms with van der Waals surface area (Å²) in [7, 11) is -2.60. The molecule has 0 heterocycles. The molecule has 0 aromatic heterocycles. The second-order valence-electron chi connectivity index (χ2n) is 6.86. The van der Waals surface area contributed by atoms with E-state index in [0.717, 1.165) is 6.07 Å². The Balaban J connectivity index is 2.14. The number of ether oxygens (including phenoxy) is 1. The fourth-order valence-corrected chi connectivity index (χ4v) is 3.97. The molecule has 0 spiro atoms. The van der Waals surface area contributed by atoms with Gasteiger partial charge in [0.1, 0.15) is 5.82 Å². The van der Waals surface area contributed by atoms with Gasteiger partial charge in [-0.2, -0.15) is 0 Å². The van der Waals surface area contributed by atoms with E-state index in [-0.39, 0.29) is 28.6 Å². The minimum absolute atomic E-state index is 0.0597. The Morgan fingerprint density at radius 3 is 2.33 bits per heavy atom.